The minimum absolute atomic E-state index is 0.0183. The van der Waals surface area contributed by atoms with Crippen LogP contribution in [0.15, 0.2) is 18.2 Å². The second kappa shape index (κ2) is 7.75. The predicted molar refractivity (Wildman–Crippen MR) is 77.0 cm³/mol. The van der Waals surface area contributed by atoms with Gasteiger partial charge in [-0.15, -0.1) is 0 Å². The lowest BCUT2D eigenvalue weighted by atomic mass is 9.99. The van der Waals surface area contributed by atoms with Crippen molar-refractivity contribution >= 4 is 5.97 Å². The van der Waals surface area contributed by atoms with Crippen LogP contribution in [0.4, 0.5) is 0 Å². The minimum Gasteiger partial charge on any atom is -0.504 e. The van der Waals surface area contributed by atoms with E-state index < -0.39 is 12.0 Å². The molecule has 2 atom stereocenters. The molecule has 0 bridgehead atoms. The number of hydrogen-bond acceptors (Lipinski definition) is 4. The molecular formula is C15H23NO4. The molecule has 0 saturated carbocycles. The van der Waals surface area contributed by atoms with E-state index in [4.69, 9.17) is 4.74 Å². The Kier molecular flexibility index (Phi) is 6.31. The van der Waals surface area contributed by atoms with Crippen LogP contribution in [0.5, 0.6) is 11.5 Å². The van der Waals surface area contributed by atoms with Gasteiger partial charge in [0.25, 0.3) is 0 Å². The fourth-order valence-electron chi connectivity index (χ4n) is 1.97. The molecule has 3 N–H and O–H groups in total. The summed E-state index contributed by atoms with van der Waals surface area (Å²) in [6.07, 6.45) is 0.773. The third kappa shape index (κ3) is 4.13. The Balaban J connectivity index is 2.78. The lowest BCUT2D eigenvalue weighted by Crippen LogP contribution is -2.41. The van der Waals surface area contributed by atoms with Crippen molar-refractivity contribution in [2.75, 3.05) is 6.61 Å². The number of hydrogen-bond donors (Lipinski definition) is 3. The zero-order chi connectivity index (χ0) is 15.1. The highest BCUT2D eigenvalue weighted by atomic mass is 16.5. The lowest BCUT2D eigenvalue weighted by Gasteiger charge is -2.20. The number of phenols is 1. The summed E-state index contributed by atoms with van der Waals surface area (Å²) in [4.78, 5) is 11.2. The molecule has 2 unspecified atom stereocenters. The van der Waals surface area contributed by atoms with Gasteiger partial charge < -0.3 is 14.9 Å². The molecule has 0 spiro atoms. The molecule has 0 aliphatic carbocycles. The number of benzene rings is 1. The van der Waals surface area contributed by atoms with Gasteiger partial charge in [0.05, 0.1) is 6.61 Å². The van der Waals surface area contributed by atoms with Gasteiger partial charge in [-0.2, -0.15) is 0 Å². The predicted octanol–water partition coefficient (Wildman–Crippen LogP) is 2.38. The largest absolute Gasteiger partial charge is 0.504 e. The molecule has 0 aromatic heterocycles. The number of nitrogens with one attached hydrogen (secondary N) is 1. The summed E-state index contributed by atoms with van der Waals surface area (Å²) in [6, 6.07) is 4.59. The second-order valence-electron chi connectivity index (χ2n) is 4.78. The average Bonchev–Trinajstić information content (AvgIpc) is 2.42. The zero-order valence-corrected chi connectivity index (χ0v) is 12.2. The van der Waals surface area contributed by atoms with Crippen LogP contribution in [0.3, 0.4) is 0 Å². The molecule has 0 saturated heterocycles. The Labute approximate surface area is 119 Å². The van der Waals surface area contributed by atoms with E-state index in [9.17, 15) is 15.0 Å². The number of carbonyl (C=O) groups is 1. The van der Waals surface area contributed by atoms with Crippen LogP contribution >= 0.6 is 0 Å². The fraction of sp³-hybridized carbons (Fsp3) is 0.533. The maximum Gasteiger partial charge on any atom is 0.320 e. The second-order valence-corrected chi connectivity index (χ2v) is 4.78. The Morgan fingerprint density at radius 3 is 2.65 bits per heavy atom. The third-order valence-corrected chi connectivity index (χ3v) is 3.37. The van der Waals surface area contributed by atoms with Crippen molar-refractivity contribution in [3.8, 4) is 11.5 Å². The summed E-state index contributed by atoms with van der Waals surface area (Å²) >= 11 is 0. The monoisotopic (exact) mass is 281 g/mol. The molecule has 0 amide bonds. The quantitative estimate of drug-likeness (QED) is 0.682. The van der Waals surface area contributed by atoms with E-state index >= 15 is 0 Å². The summed E-state index contributed by atoms with van der Waals surface area (Å²) in [5.41, 5.74) is 0.630. The molecule has 1 aromatic rings. The summed E-state index contributed by atoms with van der Waals surface area (Å²) in [5, 5.41) is 22.2. The summed E-state index contributed by atoms with van der Waals surface area (Å²) in [7, 11) is 0. The van der Waals surface area contributed by atoms with Gasteiger partial charge in [0.1, 0.15) is 6.04 Å². The molecule has 112 valence electrons. The molecule has 5 nitrogen and oxygen atoms in total. The highest BCUT2D eigenvalue weighted by Crippen LogP contribution is 2.29. The number of ether oxygens (including phenoxy) is 1. The highest BCUT2D eigenvalue weighted by molar-refractivity contribution is 5.73. The van der Waals surface area contributed by atoms with Crippen LogP contribution in [0.1, 0.15) is 32.8 Å². The molecule has 0 aliphatic rings. The van der Waals surface area contributed by atoms with Gasteiger partial charge >= 0.3 is 5.97 Å². The van der Waals surface area contributed by atoms with Crippen LogP contribution in [-0.4, -0.2) is 28.8 Å². The molecule has 0 fully saturated rings. The van der Waals surface area contributed by atoms with Crippen molar-refractivity contribution in [3.63, 3.8) is 0 Å². The standard InChI is InChI=1S/C15H23NO4/c1-4-10(3)13(15(18)19)16-9-11-7-6-8-12(14(11)17)20-5-2/h6-8,10,13,16-17H,4-5,9H2,1-3H3,(H,18,19). The number of para-hydroxylation sites is 1. The van der Waals surface area contributed by atoms with E-state index in [-0.39, 0.29) is 18.2 Å². The number of rotatable bonds is 8. The summed E-state index contributed by atoms with van der Waals surface area (Å²) in [5.74, 6) is -0.373. The van der Waals surface area contributed by atoms with Crippen LogP contribution in [0, 0.1) is 5.92 Å². The van der Waals surface area contributed by atoms with E-state index in [0.29, 0.717) is 17.9 Å². The Morgan fingerprint density at radius 2 is 2.10 bits per heavy atom. The lowest BCUT2D eigenvalue weighted by molar-refractivity contribution is -0.140. The van der Waals surface area contributed by atoms with E-state index in [1.54, 1.807) is 18.2 Å². The van der Waals surface area contributed by atoms with Crippen LogP contribution in [0.25, 0.3) is 0 Å². The smallest absolute Gasteiger partial charge is 0.320 e. The van der Waals surface area contributed by atoms with Gasteiger partial charge in [-0.25, -0.2) is 0 Å². The normalized spacial score (nSPS) is 13.8. The van der Waals surface area contributed by atoms with E-state index in [0.717, 1.165) is 6.42 Å². The van der Waals surface area contributed by atoms with Crippen molar-refractivity contribution in [1.82, 2.24) is 5.32 Å². The third-order valence-electron chi connectivity index (χ3n) is 3.37. The molecule has 0 radical (unpaired) electrons. The van der Waals surface area contributed by atoms with Crippen LogP contribution in [-0.2, 0) is 11.3 Å². The Bertz CT molecular complexity index is 447. The van der Waals surface area contributed by atoms with Crippen molar-refractivity contribution in [2.45, 2.75) is 39.8 Å². The molecule has 20 heavy (non-hydrogen) atoms. The molecule has 0 heterocycles. The van der Waals surface area contributed by atoms with Gasteiger partial charge in [0.15, 0.2) is 11.5 Å². The van der Waals surface area contributed by atoms with E-state index in [2.05, 4.69) is 5.32 Å². The number of aromatic hydroxyl groups is 1. The first-order chi connectivity index (χ1) is 9.51. The fourth-order valence-corrected chi connectivity index (χ4v) is 1.97. The zero-order valence-electron chi connectivity index (χ0n) is 12.2. The molecule has 1 aromatic carbocycles. The molecule has 0 aliphatic heterocycles. The van der Waals surface area contributed by atoms with Gasteiger partial charge in [-0.1, -0.05) is 32.4 Å². The van der Waals surface area contributed by atoms with Gasteiger partial charge in [0, 0.05) is 12.1 Å². The maximum atomic E-state index is 11.2. The van der Waals surface area contributed by atoms with Crippen LogP contribution in [0.2, 0.25) is 0 Å². The number of carboxylic acids is 1. The average molecular weight is 281 g/mol. The molecule has 5 heteroatoms. The summed E-state index contributed by atoms with van der Waals surface area (Å²) in [6.45, 7) is 6.44. The maximum absolute atomic E-state index is 11.2. The van der Waals surface area contributed by atoms with Crippen LogP contribution < -0.4 is 10.1 Å². The number of aliphatic carboxylic acids is 1. The van der Waals surface area contributed by atoms with Crippen molar-refractivity contribution in [3.05, 3.63) is 23.8 Å². The van der Waals surface area contributed by atoms with E-state index in [1.165, 1.54) is 0 Å². The first kappa shape index (κ1) is 16.3. The summed E-state index contributed by atoms with van der Waals surface area (Å²) < 4.78 is 5.31. The van der Waals surface area contributed by atoms with Gasteiger partial charge in [-0.05, 0) is 18.9 Å². The van der Waals surface area contributed by atoms with Crippen molar-refractivity contribution in [1.29, 1.82) is 0 Å². The first-order valence-electron chi connectivity index (χ1n) is 6.91. The van der Waals surface area contributed by atoms with Crippen molar-refractivity contribution < 1.29 is 19.7 Å². The molecular weight excluding hydrogens is 258 g/mol. The Morgan fingerprint density at radius 1 is 1.40 bits per heavy atom. The highest BCUT2D eigenvalue weighted by Gasteiger charge is 2.23. The minimum atomic E-state index is -0.875. The van der Waals surface area contributed by atoms with Gasteiger partial charge in [0.2, 0.25) is 0 Å². The Hall–Kier alpha value is -1.75. The first-order valence-corrected chi connectivity index (χ1v) is 6.91. The molecule has 1 rings (SSSR count). The van der Waals surface area contributed by atoms with Gasteiger partial charge in [-0.3, -0.25) is 10.1 Å². The SMILES string of the molecule is CCOc1cccc(CNC(C(=O)O)C(C)CC)c1O. The van der Waals surface area contributed by atoms with E-state index in [1.807, 2.05) is 20.8 Å². The van der Waals surface area contributed by atoms with Crippen molar-refractivity contribution in [2.24, 2.45) is 5.92 Å². The number of phenolic OH excluding ortho intramolecular Hbond substituents is 1. The topological polar surface area (TPSA) is 78.8 Å². The number of carboxylic acid groups (broad SMARTS) is 1.